The summed E-state index contributed by atoms with van der Waals surface area (Å²) in [5, 5.41) is 4.85. The van der Waals surface area contributed by atoms with Crippen LogP contribution in [0, 0.1) is 0 Å². The summed E-state index contributed by atoms with van der Waals surface area (Å²) >= 11 is 0. The van der Waals surface area contributed by atoms with Crippen LogP contribution in [0.1, 0.15) is 95.7 Å². The number of anilines is 1. The molecular formula is C46H72N10O2. The molecule has 4 aliphatic heterocycles. The average molecular weight is 797 g/mol. The van der Waals surface area contributed by atoms with Crippen molar-refractivity contribution in [2.75, 3.05) is 83.4 Å². The highest BCUT2D eigenvalue weighted by atomic mass is 16.6. The van der Waals surface area contributed by atoms with E-state index in [0.29, 0.717) is 30.7 Å². The molecule has 318 valence electrons. The molecule has 3 saturated heterocycles. The fourth-order valence-corrected chi connectivity index (χ4v) is 9.95. The topological polar surface area (TPSA) is 79.7 Å². The highest BCUT2D eigenvalue weighted by Crippen LogP contribution is 2.43. The van der Waals surface area contributed by atoms with E-state index in [-0.39, 0.29) is 12.0 Å². The molecule has 3 atom stereocenters. The Balaban J connectivity index is 1.01. The summed E-state index contributed by atoms with van der Waals surface area (Å²) in [6.45, 7) is 32.8. The number of aromatic nitrogens is 3. The van der Waals surface area contributed by atoms with Gasteiger partial charge in [0.05, 0.1) is 17.6 Å². The van der Waals surface area contributed by atoms with E-state index in [1.54, 1.807) is 0 Å². The molecule has 6 heterocycles. The molecule has 12 nitrogen and oxygen atoms in total. The smallest absolute Gasteiger partial charge is 0.414 e. The molecule has 0 aliphatic carbocycles. The summed E-state index contributed by atoms with van der Waals surface area (Å²) in [6.07, 6.45) is 6.79. The summed E-state index contributed by atoms with van der Waals surface area (Å²) < 4.78 is 8.02. The van der Waals surface area contributed by atoms with Gasteiger partial charge in [0.2, 0.25) is 0 Å². The van der Waals surface area contributed by atoms with Gasteiger partial charge in [-0.2, -0.15) is 5.10 Å². The lowest BCUT2D eigenvalue weighted by Gasteiger charge is -2.46. The summed E-state index contributed by atoms with van der Waals surface area (Å²) in [6, 6.07) is 13.2. The van der Waals surface area contributed by atoms with E-state index in [9.17, 15) is 4.79 Å². The Bertz CT molecular complexity index is 1790. The fourth-order valence-electron chi connectivity index (χ4n) is 9.95. The van der Waals surface area contributed by atoms with Crippen molar-refractivity contribution in [1.82, 2.24) is 44.2 Å². The minimum Gasteiger partial charge on any atom is -0.443 e. The lowest BCUT2D eigenvalue weighted by Crippen LogP contribution is -2.57. The first kappa shape index (κ1) is 42.7. The van der Waals surface area contributed by atoms with Crippen LogP contribution in [-0.4, -0.2) is 159 Å². The van der Waals surface area contributed by atoms with Gasteiger partial charge in [0, 0.05) is 153 Å². The number of nitrogens with zero attached hydrogens (tertiary/aromatic N) is 10. The molecule has 2 aromatic heterocycles. The summed E-state index contributed by atoms with van der Waals surface area (Å²) in [5.41, 5.74) is 6.69. The second kappa shape index (κ2) is 18.5. The second-order valence-electron chi connectivity index (χ2n) is 19.1. The Labute approximate surface area is 349 Å². The van der Waals surface area contributed by atoms with Crippen LogP contribution < -0.4 is 4.90 Å². The van der Waals surface area contributed by atoms with E-state index in [1.165, 1.54) is 34.4 Å². The zero-order valence-electron chi connectivity index (χ0n) is 37.1. The molecule has 0 bridgehead atoms. The number of fused-ring (bicyclic) bond motifs is 1. The predicted molar refractivity (Wildman–Crippen MR) is 233 cm³/mol. The Hall–Kier alpha value is -3.39. The van der Waals surface area contributed by atoms with Gasteiger partial charge in [0.15, 0.2) is 0 Å². The second-order valence-corrected chi connectivity index (χ2v) is 19.1. The third-order valence-corrected chi connectivity index (χ3v) is 13.1. The predicted octanol–water partition coefficient (Wildman–Crippen LogP) is 5.72. The van der Waals surface area contributed by atoms with Crippen LogP contribution in [0.25, 0.3) is 0 Å². The molecule has 3 aromatic rings. The van der Waals surface area contributed by atoms with E-state index < -0.39 is 5.60 Å². The van der Waals surface area contributed by atoms with Gasteiger partial charge in [0.1, 0.15) is 5.60 Å². The van der Waals surface area contributed by atoms with Crippen LogP contribution >= 0.6 is 0 Å². The number of aryl methyl sites for hydroxylation is 1. The average Bonchev–Trinajstić information content (AvgIpc) is 3.73. The zero-order valence-corrected chi connectivity index (χ0v) is 37.1. The molecule has 1 aromatic carbocycles. The van der Waals surface area contributed by atoms with Crippen LogP contribution in [0.5, 0.6) is 0 Å². The van der Waals surface area contributed by atoms with Crippen LogP contribution in [0.3, 0.4) is 0 Å². The molecule has 3 fully saturated rings. The lowest BCUT2D eigenvalue weighted by atomic mass is 9.93. The number of carbonyl (C=O) groups excluding carboxylic acids is 1. The molecule has 0 saturated carbocycles. The van der Waals surface area contributed by atoms with Crippen LogP contribution in [0.15, 0.2) is 48.9 Å². The normalized spacial score (nSPS) is 22.9. The molecule has 4 aliphatic rings. The van der Waals surface area contributed by atoms with Gasteiger partial charge in [0.25, 0.3) is 0 Å². The molecule has 3 unspecified atom stereocenters. The van der Waals surface area contributed by atoms with Gasteiger partial charge < -0.3 is 4.74 Å². The van der Waals surface area contributed by atoms with E-state index >= 15 is 0 Å². The first-order valence-electron chi connectivity index (χ1n) is 22.2. The van der Waals surface area contributed by atoms with Crippen molar-refractivity contribution in [2.24, 2.45) is 7.05 Å². The molecule has 0 N–H and O–H groups in total. The zero-order chi connectivity index (χ0) is 41.1. The van der Waals surface area contributed by atoms with Crippen molar-refractivity contribution < 1.29 is 9.53 Å². The Morgan fingerprint density at radius 1 is 0.759 bits per heavy atom. The highest BCUT2D eigenvalue weighted by Gasteiger charge is 2.39. The first-order valence-corrected chi connectivity index (χ1v) is 22.2. The number of rotatable bonds is 12. The first-order chi connectivity index (χ1) is 27.7. The number of amides is 1. The maximum absolute atomic E-state index is 13.7. The molecule has 7 rings (SSSR count). The highest BCUT2D eigenvalue weighted by molar-refractivity contribution is 5.91. The minimum atomic E-state index is -0.574. The maximum Gasteiger partial charge on any atom is 0.414 e. The van der Waals surface area contributed by atoms with Crippen molar-refractivity contribution in [3.63, 3.8) is 0 Å². The molecule has 58 heavy (non-hydrogen) atoms. The molecular weight excluding hydrogens is 725 g/mol. The van der Waals surface area contributed by atoms with Crippen molar-refractivity contribution in [1.29, 1.82) is 0 Å². The van der Waals surface area contributed by atoms with Gasteiger partial charge in [-0.3, -0.25) is 44.0 Å². The van der Waals surface area contributed by atoms with Crippen molar-refractivity contribution >= 4 is 11.8 Å². The van der Waals surface area contributed by atoms with E-state index in [2.05, 4.69) is 117 Å². The van der Waals surface area contributed by atoms with Crippen molar-refractivity contribution in [3.8, 4) is 0 Å². The number of pyridine rings is 1. The quantitative estimate of drug-likeness (QED) is 0.227. The van der Waals surface area contributed by atoms with Crippen molar-refractivity contribution in [3.05, 3.63) is 76.9 Å². The van der Waals surface area contributed by atoms with Gasteiger partial charge in [-0.15, -0.1) is 0 Å². The number of carbonyl (C=O) groups is 1. The number of hydrogen-bond donors (Lipinski definition) is 0. The number of benzene rings is 1. The Morgan fingerprint density at radius 3 is 2.05 bits per heavy atom. The van der Waals surface area contributed by atoms with Gasteiger partial charge in [-0.25, -0.2) is 4.79 Å². The van der Waals surface area contributed by atoms with E-state index in [0.717, 1.165) is 97.3 Å². The standard InChI is InChI=1S/C46H72N10O2/c1-34(2)53-21-16-50(17-22-53)30-38-10-11-43-41(27-38)42(33-56(43)45(57)58-46(6,7)8)44-39(28-48-49(44)9)31-51-18-23-54(24-19-51)36(5)26-40-32-52(20-25-55(40)35(3)4)29-37-12-14-47-15-13-37/h10-15,27-28,34-36,40,42H,16-26,29-33H2,1-9H3. The third kappa shape index (κ3) is 10.3. The summed E-state index contributed by atoms with van der Waals surface area (Å²) in [5.74, 6) is 0.0154. The monoisotopic (exact) mass is 797 g/mol. The van der Waals surface area contributed by atoms with E-state index in [1.807, 2.05) is 38.1 Å². The molecule has 0 spiro atoms. The SMILES string of the molecule is CC(C)N1CCN(Cc2ccc3c(c2)C(c2c(CN4CCN(C(C)CC5CN(Cc6ccncc6)CCN5C(C)C)CC4)cnn2C)CN3C(=O)OC(C)(C)C)CC1. The maximum atomic E-state index is 13.7. The number of ether oxygens (including phenoxy) is 1. The van der Waals surface area contributed by atoms with Gasteiger partial charge >= 0.3 is 6.09 Å². The fraction of sp³-hybridized carbons (Fsp3) is 0.674. The van der Waals surface area contributed by atoms with Gasteiger partial charge in [-0.1, -0.05) is 12.1 Å². The largest absolute Gasteiger partial charge is 0.443 e. The van der Waals surface area contributed by atoms with Crippen LogP contribution in [0.4, 0.5) is 10.5 Å². The van der Waals surface area contributed by atoms with Crippen LogP contribution in [0.2, 0.25) is 0 Å². The Kier molecular flexibility index (Phi) is 13.6. The molecule has 12 heteroatoms. The Morgan fingerprint density at radius 2 is 1.40 bits per heavy atom. The van der Waals surface area contributed by atoms with Crippen LogP contribution in [-0.2, 0) is 31.4 Å². The minimum absolute atomic E-state index is 0.0154. The molecule has 1 amide bonds. The lowest BCUT2D eigenvalue weighted by molar-refractivity contribution is 0.0200. The van der Waals surface area contributed by atoms with E-state index in [4.69, 9.17) is 9.84 Å². The summed E-state index contributed by atoms with van der Waals surface area (Å²) in [7, 11) is 2.07. The number of hydrogen-bond acceptors (Lipinski definition) is 10. The number of piperazine rings is 3. The van der Waals surface area contributed by atoms with Gasteiger partial charge in [-0.05, 0) is 96.7 Å². The third-order valence-electron chi connectivity index (χ3n) is 13.1. The molecule has 0 radical (unpaired) electrons. The van der Waals surface area contributed by atoms with Crippen molar-refractivity contribution in [2.45, 2.75) is 117 Å². The summed E-state index contributed by atoms with van der Waals surface area (Å²) in [4.78, 5) is 35.6.